The lowest BCUT2D eigenvalue weighted by Crippen LogP contribution is -2.14. The summed E-state index contributed by atoms with van der Waals surface area (Å²) < 4.78 is 0. The van der Waals surface area contributed by atoms with Crippen LogP contribution in [-0.2, 0) is 0 Å². The van der Waals surface area contributed by atoms with Gasteiger partial charge in [0.25, 0.3) is 11.8 Å². The summed E-state index contributed by atoms with van der Waals surface area (Å²) in [5.74, 6) is -1.41. The number of carbonyl (C=O) groups excluding carboxylic acids is 2. The maximum Gasteiger partial charge on any atom is 0.259 e. The van der Waals surface area contributed by atoms with Crippen molar-refractivity contribution < 1.29 is 19.8 Å². The molecular formula is C20H16N2O4. The lowest BCUT2D eigenvalue weighted by atomic mass is 10.1. The van der Waals surface area contributed by atoms with Crippen LogP contribution in [0.5, 0.6) is 11.5 Å². The molecular weight excluding hydrogens is 332 g/mol. The molecule has 0 spiro atoms. The van der Waals surface area contributed by atoms with Crippen LogP contribution in [0.4, 0.5) is 11.4 Å². The molecule has 0 aliphatic carbocycles. The number of phenols is 2. The van der Waals surface area contributed by atoms with E-state index in [4.69, 9.17) is 0 Å². The van der Waals surface area contributed by atoms with Gasteiger partial charge >= 0.3 is 0 Å². The molecule has 6 heteroatoms. The summed E-state index contributed by atoms with van der Waals surface area (Å²) in [4.78, 5) is 24.5. The molecule has 3 aromatic rings. The summed E-state index contributed by atoms with van der Waals surface area (Å²) in [5.41, 5.74) is 0.791. The largest absolute Gasteiger partial charge is 0.507 e. The molecule has 0 aliphatic heterocycles. The van der Waals surface area contributed by atoms with E-state index in [1.165, 1.54) is 24.3 Å². The number of hydrogen-bond donors (Lipinski definition) is 4. The van der Waals surface area contributed by atoms with Gasteiger partial charge in [0.1, 0.15) is 5.75 Å². The molecule has 0 unspecified atom stereocenters. The Labute approximate surface area is 149 Å². The van der Waals surface area contributed by atoms with Crippen molar-refractivity contribution in [1.82, 2.24) is 0 Å². The minimum absolute atomic E-state index is 0.0747. The van der Waals surface area contributed by atoms with Gasteiger partial charge in [-0.25, -0.2) is 0 Å². The third-order valence-corrected chi connectivity index (χ3v) is 3.72. The first-order valence-electron chi connectivity index (χ1n) is 7.84. The highest BCUT2D eigenvalue weighted by Crippen LogP contribution is 2.32. The molecule has 0 aliphatic rings. The molecule has 2 amide bonds. The Morgan fingerprint density at radius 1 is 0.654 bits per heavy atom. The Balaban J connectivity index is 1.80. The summed E-state index contributed by atoms with van der Waals surface area (Å²) in [6.45, 7) is 0. The third kappa shape index (κ3) is 3.64. The highest BCUT2D eigenvalue weighted by molar-refractivity contribution is 6.09. The van der Waals surface area contributed by atoms with Crippen molar-refractivity contribution in [2.75, 3.05) is 10.6 Å². The van der Waals surface area contributed by atoms with Crippen molar-refractivity contribution in [2.24, 2.45) is 0 Å². The van der Waals surface area contributed by atoms with E-state index in [0.29, 0.717) is 5.56 Å². The van der Waals surface area contributed by atoms with E-state index in [9.17, 15) is 19.8 Å². The molecule has 0 radical (unpaired) electrons. The van der Waals surface area contributed by atoms with Gasteiger partial charge in [-0.05, 0) is 36.4 Å². The van der Waals surface area contributed by atoms with Gasteiger partial charge in [-0.15, -0.1) is 0 Å². The van der Waals surface area contributed by atoms with Crippen molar-refractivity contribution in [3.05, 3.63) is 83.9 Å². The van der Waals surface area contributed by atoms with Crippen LogP contribution in [0.1, 0.15) is 20.7 Å². The quantitative estimate of drug-likeness (QED) is 0.541. The average molecular weight is 348 g/mol. The van der Waals surface area contributed by atoms with Crippen LogP contribution in [0.2, 0.25) is 0 Å². The van der Waals surface area contributed by atoms with Gasteiger partial charge in [-0.2, -0.15) is 0 Å². The van der Waals surface area contributed by atoms with Gasteiger partial charge in [-0.3, -0.25) is 9.59 Å². The second kappa shape index (κ2) is 7.40. The number of phenolic OH excluding ortho intramolecular Hbond substituents is 2. The molecule has 3 aromatic carbocycles. The average Bonchev–Trinajstić information content (AvgIpc) is 2.66. The van der Waals surface area contributed by atoms with E-state index < -0.39 is 5.91 Å². The van der Waals surface area contributed by atoms with Crippen LogP contribution in [0, 0.1) is 0 Å². The van der Waals surface area contributed by atoms with Crippen molar-refractivity contribution >= 4 is 23.2 Å². The molecule has 0 bridgehead atoms. The fourth-order valence-electron chi connectivity index (χ4n) is 2.38. The summed E-state index contributed by atoms with van der Waals surface area (Å²) in [7, 11) is 0. The number of amides is 2. The van der Waals surface area contributed by atoms with Crippen molar-refractivity contribution in [3.8, 4) is 11.5 Å². The number of aromatic hydroxyl groups is 2. The summed E-state index contributed by atoms with van der Waals surface area (Å²) >= 11 is 0. The maximum atomic E-state index is 12.3. The SMILES string of the molecule is O=C(Nc1cccc(NC(=O)c2ccccc2O)c1O)c1ccccc1. The van der Waals surface area contributed by atoms with E-state index in [0.717, 1.165) is 0 Å². The fraction of sp³-hybridized carbons (Fsp3) is 0. The molecule has 26 heavy (non-hydrogen) atoms. The standard InChI is InChI=1S/C20H16N2O4/c23-17-12-5-4-9-14(17)20(26)22-16-11-6-10-15(18(16)24)21-19(25)13-7-2-1-3-8-13/h1-12,23-24H,(H,21,25)(H,22,26). The fourth-order valence-corrected chi connectivity index (χ4v) is 2.38. The van der Waals surface area contributed by atoms with Gasteiger partial charge in [0.05, 0.1) is 16.9 Å². The molecule has 0 heterocycles. The highest BCUT2D eigenvalue weighted by atomic mass is 16.3. The lowest BCUT2D eigenvalue weighted by molar-refractivity contribution is 0.101. The minimum atomic E-state index is -0.579. The van der Waals surface area contributed by atoms with Gasteiger partial charge < -0.3 is 20.8 Å². The molecule has 0 saturated heterocycles. The number of carbonyl (C=O) groups is 2. The predicted octanol–water partition coefficient (Wildman–Crippen LogP) is 3.60. The normalized spacial score (nSPS) is 10.2. The van der Waals surface area contributed by atoms with E-state index >= 15 is 0 Å². The number of hydrogen-bond acceptors (Lipinski definition) is 4. The number of para-hydroxylation sites is 2. The summed E-state index contributed by atoms with van der Waals surface area (Å²) in [6, 6.07) is 19.2. The minimum Gasteiger partial charge on any atom is -0.507 e. The topological polar surface area (TPSA) is 98.7 Å². The summed E-state index contributed by atoms with van der Waals surface area (Å²) in [5, 5.41) is 25.2. The molecule has 0 aromatic heterocycles. The van der Waals surface area contributed by atoms with Crippen LogP contribution in [0.15, 0.2) is 72.8 Å². The first-order valence-corrected chi connectivity index (χ1v) is 7.84. The highest BCUT2D eigenvalue weighted by Gasteiger charge is 2.15. The number of anilines is 2. The van der Waals surface area contributed by atoms with Gasteiger partial charge in [0, 0.05) is 5.56 Å². The van der Waals surface area contributed by atoms with E-state index in [2.05, 4.69) is 10.6 Å². The van der Waals surface area contributed by atoms with Crippen molar-refractivity contribution in [3.63, 3.8) is 0 Å². The smallest absolute Gasteiger partial charge is 0.259 e. The Kier molecular flexibility index (Phi) is 4.85. The van der Waals surface area contributed by atoms with E-state index in [1.807, 2.05) is 0 Å². The zero-order valence-corrected chi connectivity index (χ0v) is 13.6. The van der Waals surface area contributed by atoms with Gasteiger partial charge in [0.2, 0.25) is 0 Å². The Morgan fingerprint density at radius 2 is 1.23 bits per heavy atom. The molecule has 0 saturated carbocycles. The molecule has 0 atom stereocenters. The monoisotopic (exact) mass is 348 g/mol. The Bertz CT molecular complexity index is 955. The first-order chi connectivity index (χ1) is 12.6. The molecule has 130 valence electrons. The number of benzene rings is 3. The number of nitrogens with one attached hydrogen (secondary N) is 2. The zero-order valence-electron chi connectivity index (χ0n) is 13.6. The molecule has 0 fully saturated rings. The van der Waals surface area contributed by atoms with Gasteiger partial charge in [-0.1, -0.05) is 36.4 Å². The Morgan fingerprint density at radius 3 is 1.88 bits per heavy atom. The van der Waals surface area contributed by atoms with Crippen LogP contribution in [-0.4, -0.2) is 22.0 Å². The lowest BCUT2D eigenvalue weighted by Gasteiger charge is -2.12. The summed E-state index contributed by atoms with van der Waals surface area (Å²) in [6.07, 6.45) is 0. The van der Waals surface area contributed by atoms with E-state index in [1.54, 1.807) is 48.5 Å². The second-order valence-corrected chi connectivity index (χ2v) is 5.49. The van der Waals surface area contributed by atoms with Crippen molar-refractivity contribution in [1.29, 1.82) is 0 Å². The Hall–Kier alpha value is -3.80. The third-order valence-electron chi connectivity index (χ3n) is 3.72. The molecule has 4 N–H and O–H groups in total. The van der Waals surface area contributed by atoms with Crippen LogP contribution >= 0.6 is 0 Å². The molecule has 6 nitrogen and oxygen atoms in total. The first kappa shape index (κ1) is 17.0. The van der Waals surface area contributed by atoms with Crippen LogP contribution in [0.25, 0.3) is 0 Å². The van der Waals surface area contributed by atoms with Crippen LogP contribution < -0.4 is 10.6 Å². The predicted molar refractivity (Wildman–Crippen MR) is 98.6 cm³/mol. The molecule has 3 rings (SSSR count). The van der Waals surface area contributed by atoms with Crippen LogP contribution in [0.3, 0.4) is 0 Å². The number of rotatable bonds is 4. The van der Waals surface area contributed by atoms with E-state index in [-0.39, 0.29) is 34.3 Å². The van der Waals surface area contributed by atoms with Gasteiger partial charge in [0.15, 0.2) is 5.75 Å². The second-order valence-electron chi connectivity index (χ2n) is 5.49. The van der Waals surface area contributed by atoms with Crippen molar-refractivity contribution in [2.45, 2.75) is 0 Å². The maximum absolute atomic E-state index is 12.3. The zero-order chi connectivity index (χ0) is 18.5.